The van der Waals surface area contributed by atoms with Crippen molar-refractivity contribution in [3.63, 3.8) is 0 Å². The highest BCUT2D eigenvalue weighted by molar-refractivity contribution is 6.04. The molecule has 1 aromatic rings. The zero-order chi connectivity index (χ0) is 25.5. The van der Waals surface area contributed by atoms with Crippen LogP contribution in [-0.4, -0.2) is 83.8 Å². The molecule has 0 unspecified atom stereocenters. The Balaban J connectivity index is 1.47. The summed E-state index contributed by atoms with van der Waals surface area (Å²) in [6, 6.07) is 9.43. The Morgan fingerprint density at radius 2 is 1.94 bits per heavy atom. The normalized spacial score (nSPS) is 30.9. The Labute approximate surface area is 206 Å². The number of carbonyl (C=O) groups excluding carboxylic acids is 1. The van der Waals surface area contributed by atoms with Gasteiger partial charge in [0.15, 0.2) is 0 Å². The van der Waals surface area contributed by atoms with E-state index in [2.05, 4.69) is 10.5 Å². The van der Waals surface area contributed by atoms with E-state index >= 15 is 0 Å². The number of amides is 1. The highest BCUT2D eigenvalue weighted by Crippen LogP contribution is 2.38. The average molecular weight is 491 g/mol. The van der Waals surface area contributed by atoms with Crippen molar-refractivity contribution < 1.29 is 34.4 Å². The summed E-state index contributed by atoms with van der Waals surface area (Å²) in [5.74, 6) is -0.528. The van der Waals surface area contributed by atoms with Crippen LogP contribution in [0.3, 0.4) is 0 Å². The van der Waals surface area contributed by atoms with Gasteiger partial charge in [-0.25, -0.2) is 0 Å². The summed E-state index contributed by atoms with van der Waals surface area (Å²) in [5, 5.41) is 37.8. The average Bonchev–Trinajstić information content (AvgIpc) is 3.60. The molecule has 0 saturated carbocycles. The molecule has 0 bridgehead atoms. The SMILES string of the molecule is CO/N=C(\CNC(=O)/C=C(\C)C[C@@H]1OC[C@H](C[C@@H]2O[C@H]2[C@@H](C)[C@H](C)O)[C@@H](O)[C@H]1O)c1ccccc1. The summed E-state index contributed by atoms with van der Waals surface area (Å²) in [5.41, 5.74) is 2.16. The molecular weight excluding hydrogens is 452 g/mol. The van der Waals surface area contributed by atoms with E-state index in [1.165, 1.54) is 13.2 Å². The summed E-state index contributed by atoms with van der Waals surface area (Å²) in [7, 11) is 1.45. The smallest absolute Gasteiger partial charge is 0.244 e. The van der Waals surface area contributed by atoms with E-state index < -0.39 is 24.4 Å². The van der Waals surface area contributed by atoms with Gasteiger partial charge in [-0.05, 0) is 26.7 Å². The number of oxime groups is 1. The fraction of sp³-hybridized carbons (Fsp3) is 0.615. The lowest BCUT2D eigenvalue weighted by molar-refractivity contribution is -0.165. The van der Waals surface area contributed by atoms with Crippen molar-refractivity contribution in [2.24, 2.45) is 17.0 Å². The van der Waals surface area contributed by atoms with Crippen LogP contribution in [0.5, 0.6) is 0 Å². The van der Waals surface area contributed by atoms with Crippen LogP contribution in [0.25, 0.3) is 0 Å². The minimum absolute atomic E-state index is 0.0165. The second-order valence-electron chi connectivity index (χ2n) is 9.59. The van der Waals surface area contributed by atoms with Crippen molar-refractivity contribution in [2.75, 3.05) is 20.3 Å². The molecule has 4 N–H and O–H groups in total. The molecule has 0 radical (unpaired) electrons. The first-order valence-electron chi connectivity index (χ1n) is 12.1. The number of nitrogens with one attached hydrogen (secondary N) is 1. The number of ether oxygens (including phenoxy) is 2. The first-order chi connectivity index (χ1) is 16.7. The molecule has 3 rings (SSSR count). The predicted octanol–water partition coefficient (Wildman–Crippen LogP) is 1.40. The summed E-state index contributed by atoms with van der Waals surface area (Å²) in [4.78, 5) is 17.3. The standard InChI is InChI=1S/C26H38N2O7/c1-15(11-23(30)27-13-20(28-33-4)18-8-6-5-7-9-18)10-21-25(32)24(31)19(14-34-21)12-22-26(35-22)16(2)17(3)29/h5-9,11,16-17,19,21-22,24-26,29,31-32H,10,12-14H2,1-4H3,(H,27,30)/b15-11+,28-20+/t16-,17-,19-,21-,22-,24+,25-,26-/m0/s1. The van der Waals surface area contributed by atoms with E-state index in [9.17, 15) is 20.1 Å². The molecule has 1 aromatic carbocycles. The highest BCUT2D eigenvalue weighted by atomic mass is 16.6. The zero-order valence-corrected chi connectivity index (χ0v) is 20.8. The molecule has 2 aliphatic rings. The molecule has 2 fully saturated rings. The van der Waals surface area contributed by atoms with Crippen molar-refractivity contribution in [3.05, 3.63) is 47.5 Å². The van der Waals surface area contributed by atoms with Gasteiger partial charge in [0.2, 0.25) is 5.91 Å². The largest absolute Gasteiger partial charge is 0.399 e. The van der Waals surface area contributed by atoms with Gasteiger partial charge in [0, 0.05) is 23.5 Å². The topological polar surface area (TPSA) is 133 Å². The number of benzene rings is 1. The summed E-state index contributed by atoms with van der Waals surface area (Å²) < 4.78 is 11.5. The van der Waals surface area contributed by atoms with Gasteiger partial charge < -0.3 is 34.9 Å². The maximum Gasteiger partial charge on any atom is 0.244 e. The number of carbonyl (C=O) groups is 1. The monoisotopic (exact) mass is 490 g/mol. The second kappa shape index (κ2) is 12.6. The number of rotatable bonds is 11. The minimum Gasteiger partial charge on any atom is -0.399 e. The van der Waals surface area contributed by atoms with E-state index in [1.54, 1.807) is 13.8 Å². The second-order valence-corrected chi connectivity index (χ2v) is 9.59. The molecule has 8 atom stereocenters. The van der Waals surface area contributed by atoms with Crippen LogP contribution < -0.4 is 5.32 Å². The lowest BCUT2D eigenvalue weighted by atomic mass is 9.85. The number of nitrogens with zero attached hydrogens (tertiary/aromatic N) is 1. The molecule has 9 nitrogen and oxygen atoms in total. The Bertz CT molecular complexity index is 889. The molecule has 2 aliphatic heterocycles. The fourth-order valence-electron chi connectivity index (χ4n) is 4.46. The number of aliphatic hydroxyl groups is 3. The fourth-order valence-corrected chi connectivity index (χ4v) is 4.46. The van der Waals surface area contributed by atoms with Gasteiger partial charge >= 0.3 is 0 Å². The van der Waals surface area contributed by atoms with Gasteiger partial charge in [0.05, 0.1) is 43.7 Å². The van der Waals surface area contributed by atoms with Gasteiger partial charge in [0.25, 0.3) is 0 Å². The Hall–Kier alpha value is -2.30. The third-order valence-corrected chi connectivity index (χ3v) is 6.81. The molecule has 1 amide bonds. The van der Waals surface area contributed by atoms with Gasteiger partial charge in [0.1, 0.15) is 18.9 Å². The van der Waals surface area contributed by atoms with Crippen LogP contribution in [0.4, 0.5) is 0 Å². The molecule has 2 saturated heterocycles. The number of hydrogen-bond donors (Lipinski definition) is 4. The van der Waals surface area contributed by atoms with Gasteiger partial charge in [-0.2, -0.15) is 0 Å². The van der Waals surface area contributed by atoms with E-state index in [4.69, 9.17) is 14.3 Å². The van der Waals surface area contributed by atoms with Gasteiger partial charge in [-0.15, -0.1) is 0 Å². The minimum atomic E-state index is -1.06. The quantitative estimate of drug-likeness (QED) is 0.159. The molecule has 0 aromatic heterocycles. The van der Waals surface area contributed by atoms with Crippen LogP contribution in [0, 0.1) is 11.8 Å². The van der Waals surface area contributed by atoms with Gasteiger partial charge in [-0.1, -0.05) is 48.0 Å². The van der Waals surface area contributed by atoms with Gasteiger partial charge in [-0.3, -0.25) is 4.79 Å². The Morgan fingerprint density at radius 1 is 1.23 bits per heavy atom. The van der Waals surface area contributed by atoms with Crippen LogP contribution in [0.15, 0.2) is 47.1 Å². The van der Waals surface area contributed by atoms with Crippen molar-refractivity contribution in [2.45, 2.75) is 70.2 Å². The predicted molar refractivity (Wildman–Crippen MR) is 131 cm³/mol. The van der Waals surface area contributed by atoms with Crippen LogP contribution >= 0.6 is 0 Å². The molecule has 9 heteroatoms. The highest BCUT2D eigenvalue weighted by Gasteiger charge is 2.48. The van der Waals surface area contributed by atoms with Crippen LogP contribution in [0.1, 0.15) is 39.2 Å². The maximum absolute atomic E-state index is 12.4. The van der Waals surface area contributed by atoms with Crippen molar-refractivity contribution in [1.82, 2.24) is 5.32 Å². The summed E-state index contributed by atoms with van der Waals surface area (Å²) in [6.45, 7) is 5.96. The number of hydrogen-bond acceptors (Lipinski definition) is 8. The zero-order valence-electron chi connectivity index (χ0n) is 20.8. The molecule has 194 valence electrons. The molecule has 0 spiro atoms. The number of epoxide rings is 1. The molecular formula is C26H38N2O7. The van der Waals surface area contributed by atoms with Crippen molar-refractivity contribution >= 4 is 11.6 Å². The summed E-state index contributed by atoms with van der Waals surface area (Å²) in [6.07, 6.45) is -0.801. The van der Waals surface area contributed by atoms with Crippen LogP contribution in [0.2, 0.25) is 0 Å². The van der Waals surface area contributed by atoms with E-state index in [0.29, 0.717) is 25.2 Å². The van der Waals surface area contributed by atoms with E-state index in [1.807, 2.05) is 37.3 Å². The third-order valence-electron chi connectivity index (χ3n) is 6.81. The third kappa shape index (κ3) is 7.59. The van der Waals surface area contributed by atoms with Crippen molar-refractivity contribution in [3.8, 4) is 0 Å². The Morgan fingerprint density at radius 3 is 2.60 bits per heavy atom. The Kier molecular flexibility index (Phi) is 9.82. The first-order valence-corrected chi connectivity index (χ1v) is 12.1. The maximum atomic E-state index is 12.4. The lowest BCUT2D eigenvalue weighted by Crippen LogP contribution is -2.50. The summed E-state index contributed by atoms with van der Waals surface area (Å²) >= 11 is 0. The lowest BCUT2D eigenvalue weighted by Gasteiger charge is -2.38. The molecule has 0 aliphatic carbocycles. The number of aliphatic hydroxyl groups excluding tert-OH is 3. The van der Waals surface area contributed by atoms with E-state index in [-0.39, 0.29) is 36.5 Å². The van der Waals surface area contributed by atoms with Crippen LogP contribution in [-0.2, 0) is 19.1 Å². The molecule has 35 heavy (non-hydrogen) atoms. The molecule has 2 heterocycles. The van der Waals surface area contributed by atoms with E-state index in [0.717, 1.165) is 11.1 Å². The van der Waals surface area contributed by atoms with Crippen molar-refractivity contribution in [1.29, 1.82) is 0 Å². The first kappa shape index (κ1) is 27.3.